The van der Waals surface area contributed by atoms with Gasteiger partial charge in [0.05, 0.1) is 11.0 Å². The first-order valence-electron chi connectivity index (χ1n) is 6.15. The Morgan fingerprint density at radius 1 is 1.44 bits per heavy atom. The molecule has 0 aliphatic carbocycles. The highest BCUT2D eigenvalue weighted by atomic mass is 32.1. The maximum absolute atomic E-state index is 10.5. The van der Waals surface area contributed by atoms with E-state index in [9.17, 15) is 10.1 Å². The molecule has 1 aromatic rings. The summed E-state index contributed by atoms with van der Waals surface area (Å²) in [5.74, 6) is 0. The predicted molar refractivity (Wildman–Crippen MR) is 73.0 cm³/mol. The van der Waals surface area contributed by atoms with E-state index in [-0.39, 0.29) is 9.92 Å². The molecule has 0 aliphatic heterocycles. The van der Waals surface area contributed by atoms with Crippen LogP contribution in [0.15, 0.2) is 12.1 Å². The number of thiophene rings is 1. The first-order chi connectivity index (χ1) is 8.59. The molecule has 6 heteroatoms. The Labute approximate surface area is 111 Å². The summed E-state index contributed by atoms with van der Waals surface area (Å²) in [6.45, 7) is 6.46. The minimum absolute atomic E-state index is 0.206. The fourth-order valence-corrected chi connectivity index (χ4v) is 2.23. The normalized spacial score (nSPS) is 11.1. The zero-order chi connectivity index (χ0) is 13.4. The third-order valence-electron chi connectivity index (χ3n) is 2.33. The van der Waals surface area contributed by atoms with Crippen molar-refractivity contribution in [3.63, 3.8) is 0 Å². The SMILES string of the molecule is CC(C)OCCCCNCc1ccc([N+](=O)[O-])s1. The van der Waals surface area contributed by atoms with Gasteiger partial charge in [-0.15, -0.1) is 0 Å². The Kier molecular flexibility index (Phi) is 6.85. The number of nitrogens with one attached hydrogen (secondary N) is 1. The monoisotopic (exact) mass is 272 g/mol. The number of hydrogen-bond acceptors (Lipinski definition) is 5. The third kappa shape index (κ3) is 6.09. The van der Waals surface area contributed by atoms with Gasteiger partial charge < -0.3 is 10.1 Å². The van der Waals surface area contributed by atoms with Gasteiger partial charge in [0, 0.05) is 24.1 Å². The van der Waals surface area contributed by atoms with Crippen LogP contribution < -0.4 is 5.32 Å². The molecule has 0 saturated heterocycles. The zero-order valence-corrected chi connectivity index (χ0v) is 11.7. The number of nitro groups is 1. The Morgan fingerprint density at radius 2 is 2.22 bits per heavy atom. The number of unbranched alkanes of at least 4 members (excludes halogenated alkanes) is 1. The highest BCUT2D eigenvalue weighted by Crippen LogP contribution is 2.23. The summed E-state index contributed by atoms with van der Waals surface area (Å²) in [4.78, 5) is 11.1. The molecule has 0 bridgehead atoms. The van der Waals surface area contributed by atoms with Gasteiger partial charge in [-0.2, -0.15) is 0 Å². The van der Waals surface area contributed by atoms with E-state index in [0.29, 0.717) is 12.6 Å². The van der Waals surface area contributed by atoms with Crippen molar-refractivity contribution in [2.24, 2.45) is 0 Å². The Hall–Kier alpha value is -0.980. The molecule has 1 N–H and O–H groups in total. The average Bonchev–Trinajstić information content (AvgIpc) is 2.76. The van der Waals surface area contributed by atoms with E-state index in [0.717, 1.165) is 30.9 Å². The quantitative estimate of drug-likeness (QED) is 0.426. The van der Waals surface area contributed by atoms with Crippen LogP contribution in [0.3, 0.4) is 0 Å². The molecule has 102 valence electrons. The lowest BCUT2D eigenvalue weighted by atomic mass is 10.3. The van der Waals surface area contributed by atoms with Crippen molar-refractivity contribution in [2.45, 2.75) is 39.3 Å². The summed E-state index contributed by atoms with van der Waals surface area (Å²) < 4.78 is 5.44. The number of nitrogens with zero attached hydrogens (tertiary/aromatic N) is 1. The second kappa shape index (κ2) is 8.18. The zero-order valence-electron chi connectivity index (χ0n) is 10.8. The maximum Gasteiger partial charge on any atom is 0.324 e. The summed E-state index contributed by atoms with van der Waals surface area (Å²) in [7, 11) is 0. The minimum atomic E-state index is -0.350. The van der Waals surface area contributed by atoms with Crippen LogP contribution in [0.2, 0.25) is 0 Å². The van der Waals surface area contributed by atoms with Crippen LogP contribution in [-0.4, -0.2) is 24.2 Å². The summed E-state index contributed by atoms with van der Waals surface area (Å²) in [6, 6.07) is 3.36. The van der Waals surface area contributed by atoms with Crippen LogP contribution in [-0.2, 0) is 11.3 Å². The van der Waals surface area contributed by atoms with Crippen molar-refractivity contribution in [1.82, 2.24) is 5.32 Å². The molecule has 1 rings (SSSR count). The largest absolute Gasteiger partial charge is 0.379 e. The molecule has 1 heterocycles. The van der Waals surface area contributed by atoms with E-state index in [1.165, 1.54) is 11.3 Å². The van der Waals surface area contributed by atoms with Crippen molar-refractivity contribution >= 4 is 16.3 Å². The lowest BCUT2D eigenvalue weighted by Crippen LogP contribution is -2.14. The molecule has 0 aliphatic rings. The Morgan fingerprint density at radius 3 is 2.83 bits per heavy atom. The fourth-order valence-electron chi connectivity index (χ4n) is 1.44. The van der Waals surface area contributed by atoms with Gasteiger partial charge in [0.2, 0.25) is 0 Å². The summed E-state index contributed by atoms with van der Waals surface area (Å²) >= 11 is 1.23. The smallest absolute Gasteiger partial charge is 0.324 e. The fraction of sp³-hybridized carbons (Fsp3) is 0.667. The van der Waals surface area contributed by atoms with Crippen LogP contribution in [0.5, 0.6) is 0 Å². The predicted octanol–water partition coefficient (Wildman–Crippen LogP) is 2.95. The molecule has 0 saturated carbocycles. The lowest BCUT2D eigenvalue weighted by Gasteiger charge is -2.07. The topological polar surface area (TPSA) is 64.4 Å². The van der Waals surface area contributed by atoms with Crippen molar-refractivity contribution < 1.29 is 9.66 Å². The van der Waals surface area contributed by atoms with Crippen LogP contribution in [0.4, 0.5) is 5.00 Å². The van der Waals surface area contributed by atoms with Gasteiger partial charge in [-0.3, -0.25) is 10.1 Å². The molecule has 0 spiro atoms. The van der Waals surface area contributed by atoms with Crippen LogP contribution in [0.1, 0.15) is 31.6 Å². The van der Waals surface area contributed by atoms with E-state index < -0.39 is 0 Å². The molecule has 0 fully saturated rings. The van der Waals surface area contributed by atoms with Gasteiger partial charge >= 0.3 is 5.00 Å². The number of ether oxygens (including phenoxy) is 1. The minimum Gasteiger partial charge on any atom is -0.379 e. The van der Waals surface area contributed by atoms with E-state index in [2.05, 4.69) is 5.32 Å². The lowest BCUT2D eigenvalue weighted by molar-refractivity contribution is -0.380. The summed E-state index contributed by atoms with van der Waals surface area (Å²) in [5.41, 5.74) is 0. The van der Waals surface area contributed by atoms with Crippen LogP contribution in [0.25, 0.3) is 0 Å². The van der Waals surface area contributed by atoms with Gasteiger partial charge in [0.25, 0.3) is 0 Å². The molecule has 5 nitrogen and oxygen atoms in total. The van der Waals surface area contributed by atoms with Gasteiger partial charge in [0.15, 0.2) is 0 Å². The standard InChI is InChI=1S/C12H20N2O3S/c1-10(2)17-8-4-3-7-13-9-11-5-6-12(18-11)14(15)16/h5-6,10,13H,3-4,7-9H2,1-2H3. The molecule has 0 radical (unpaired) electrons. The molecule has 0 unspecified atom stereocenters. The maximum atomic E-state index is 10.5. The molecule has 0 amide bonds. The number of hydrogen-bond donors (Lipinski definition) is 1. The Balaban J connectivity index is 2.05. The Bertz CT molecular complexity index is 366. The van der Waals surface area contributed by atoms with Gasteiger partial charge in [-0.25, -0.2) is 0 Å². The van der Waals surface area contributed by atoms with Crippen molar-refractivity contribution in [3.8, 4) is 0 Å². The van der Waals surface area contributed by atoms with E-state index in [4.69, 9.17) is 4.74 Å². The van der Waals surface area contributed by atoms with Gasteiger partial charge in [-0.1, -0.05) is 11.3 Å². The molecule has 0 aromatic carbocycles. The van der Waals surface area contributed by atoms with E-state index in [1.54, 1.807) is 12.1 Å². The molecule has 0 atom stereocenters. The highest BCUT2D eigenvalue weighted by Gasteiger charge is 2.08. The van der Waals surface area contributed by atoms with E-state index >= 15 is 0 Å². The van der Waals surface area contributed by atoms with Gasteiger partial charge in [0.1, 0.15) is 0 Å². The van der Waals surface area contributed by atoms with Crippen molar-refractivity contribution in [3.05, 3.63) is 27.1 Å². The number of rotatable bonds is 9. The summed E-state index contributed by atoms with van der Waals surface area (Å²) in [5, 5.41) is 14.0. The third-order valence-corrected chi connectivity index (χ3v) is 3.36. The van der Waals surface area contributed by atoms with Gasteiger partial charge in [-0.05, 0) is 39.3 Å². The molecule has 1 aromatic heterocycles. The average molecular weight is 272 g/mol. The summed E-state index contributed by atoms with van der Waals surface area (Å²) in [6.07, 6.45) is 2.39. The van der Waals surface area contributed by atoms with Crippen LogP contribution >= 0.6 is 11.3 Å². The van der Waals surface area contributed by atoms with Crippen molar-refractivity contribution in [2.75, 3.05) is 13.2 Å². The van der Waals surface area contributed by atoms with Crippen molar-refractivity contribution in [1.29, 1.82) is 0 Å². The molecule has 18 heavy (non-hydrogen) atoms. The second-order valence-corrected chi connectivity index (χ2v) is 5.45. The molecular weight excluding hydrogens is 252 g/mol. The van der Waals surface area contributed by atoms with E-state index in [1.807, 2.05) is 13.8 Å². The molecular formula is C12H20N2O3S. The van der Waals surface area contributed by atoms with Crippen LogP contribution in [0, 0.1) is 10.1 Å². The first kappa shape index (κ1) is 15.1. The highest BCUT2D eigenvalue weighted by molar-refractivity contribution is 7.15. The second-order valence-electron chi connectivity index (χ2n) is 4.30. The first-order valence-corrected chi connectivity index (χ1v) is 6.96.